The van der Waals surface area contributed by atoms with E-state index in [9.17, 15) is 4.79 Å². The van der Waals surface area contributed by atoms with E-state index in [1.807, 2.05) is 53.2 Å². The summed E-state index contributed by atoms with van der Waals surface area (Å²) >= 11 is 0. The number of benzene rings is 1. The van der Waals surface area contributed by atoms with E-state index in [0.717, 1.165) is 35.5 Å². The van der Waals surface area contributed by atoms with Gasteiger partial charge in [-0.25, -0.2) is 4.98 Å². The smallest absolute Gasteiger partial charge is 0.252 e. The Hall–Kier alpha value is -2.82. The highest BCUT2D eigenvalue weighted by Crippen LogP contribution is 2.23. The van der Waals surface area contributed by atoms with Gasteiger partial charge in [-0.2, -0.15) is 0 Å². The number of nitrogens with one attached hydrogen (secondary N) is 1. The Bertz CT molecular complexity index is 879. The van der Waals surface area contributed by atoms with Crippen LogP contribution in [0.25, 0.3) is 16.9 Å². The second kappa shape index (κ2) is 6.00. The molecule has 3 aromatic rings. The van der Waals surface area contributed by atoms with E-state index in [2.05, 4.69) is 10.3 Å². The third kappa shape index (κ3) is 2.73. The molecule has 122 valence electrons. The highest BCUT2D eigenvalue weighted by molar-refractivity contribution is 5.94. The molecule has 24 heavy (non-hydrogen) atoms. The molecule has 0 atom stereocenters. The molecule has 1 N–H and O–H groups in total. The maximum atomic E-state index is 12.3. The van der Waals surface area contributed by atoms with Crippen molar-refractivity contribution in [1.29, 1.82) is 0 Å². The number of carbonyl (C=O) groups excluding carboxylic acids is 1. The molecule has 0 radical (unpaired) electrons. The number of methoxy groups -OCH3 is 1. The molecule has 2 aromatic heterocycles. The Morgan fingerprint density at radius 1 is 1.17 bits per heavy atom. The monoisotopic (exact) mass is 321 g/mol. The summed E-state index contributed by atoms with van der Waals surface area (Å²) in [6.45, 7) is 0. The van der Waals surface area contributed by atoms with Crippen LogP contribution in [-0.4, -0.2) is 28.4 Å². The van der Waals surface area contributed by atoms with Crippen LogP contribution in [-0.2, 0) is 0 Å². The van der Waals surface area contributed by atoms with Crippen molar-refractivity contribution in [3.63, 3.8) is 0 Å². The Balaban J connectivity index is 1.61. The summed E-state index contributed by atoms with van der Waals surface area (Å²) in [5, 5.41) is 3.06. The number of aromatic nitrogens is 2. The summed E-state index contributed by atoms with van der Waals surface area (Å²) in [7, 11) is 1.65. The van der Waals surface area contributed by atoms with Crippen LogP contribution in [0.15, 0.2) is 48.8 Å². The highest BCUT2D eigenvalue weighted by Gasteiger charge is 2.20. The van der Waals surface area contributed by atoms with E-state index >= 15 is 0 Å². The minimum absolute atomic E-state index is 0.0127. The molecule has 0 spiro atoms. The zero-order chi connectivity index (χ0) is 16.5. The molecule has 1 aliphatic carbocycles. The number of amides is 1. The molecule has 1 aliphatic rings. The van der Waals surface area contributed by atoms with Gasteiger partial charge in [-0.15, -0.1) is 0 Å². The third-order valence-electron chi connectivity index (χ3n) is 4.54. The number of rotatable bonds is 4. The molecule has 2 heterocycles. The highest BCUT2D eigenvalue weighted by atomic mass is 16.5. The van der Waals surface area contributed by atoms with Crippen LogP contribution < -0.4 is 10.1 Å². The van der Waals surface area contributed by atoms with E-state index in [0.29, 0.717) is 11.6 Å². The van der Waals surface area contributed by atoms with Crippen LogP contribution in [0.4, 0.5) is 0 Å². The summed E-state index contributed by atoms with van der Waals surface area (Å²) in [6.07, 6.45) is 7.15. The van der Waals surface area contributed by atoms with Gasteiger partial charge >= 0.3 is 0 Å². The van der Waals surface area contributed by atoms with Crippen LogP contribution >= 0.6 is 0 Å². The lowest BCUT2D eigenvalue weighted by molar-refractivity contribution is 0.0916. The van der Waals surface area contributed by atoms with Crippen molar-refractivity contribution in [3.05, 3.63) is 54.4 Å². The number of imidazole rings is 1. The van der Waals surface area contributed by atoms with Crippen molar-refractivity contribution < 1.29 is 9.53 Å². The zero-order valence-electron chi connectivity index (χ0n) is 13.5. The van der Waals surface area contributed by atoms with Gasteiger partial charge in [0, 0.05) is 24.0 Å². The molecule has 5 nitrogen and oxygen atoms in total. The molecule has 0 bridgehead atoms. The van der Waals surface area contributed by atoms with E-state index < -0.39 is 0 Å². The summed E-state index contributed by atoms with van der Waals surface area (Å²) in [6, 6.07) is 11.8. The maximum absolute atomic E-state index is 12.3. The molecule has 1 saturated carbocycles. The topological polar surface area (TPSA) is 55.6 Å². The van der Waals surface area contributed by atoms with Gasteiger partial charge in [0.1, 0.15) is 11.4 Å². The first kappa shape index (κ1) is 14.8. The summed E-state index contributed by atoms with van der Waals surface area (Å²) in [5.74, 6) is 0.804. The molecule has 0 saturated heterocycles. The fourth-order valence-electron chi connectivity index (χ4n) is 2.85. The Labute approximate surface area is 140 Å². The summed E-state index contributed by atoms with van der Waals surface area (Å²) in [4.78, 5) is 16.9. The van der Waals surface area contributed by atoms with Gasteiger partial charge in [0.05, 0.1) is 18.4 Å². The first-order valence-corrected chi connectivity index (χ1v) is 8.17. The van der Waals surface area contributed by atoms with Crippen molar-refractivity contribution in [1.82, 2.24) is 14.7 Å². The van der Waals surface area contributed by atoms with Crippen molar-refractivity contribution in [3.8, 4) is 17.0 Å². The van der Waals surface area contributed by atoms with Crippen molar-refractivity contribution in [2.75, 3.05) is 7.11 Å². The molecule has 0 unspecified atom stereocenters. The molecule has 1 fully saturated rings. The van der Waals surface area contributed by atoms with Crippen molar-refractivity contribution in [2.24, 2.45) is 0 Å². The van der Waals surface area contributed by atoms with Crippen LogP contribution in [0.5, 0.6) is 5.75 Å². The first-order chi connectivity index (χ1) is 11.7. The predicted octanol–water partition coefficient (Wildman–Crippen LogP) is 3.29. The Morgan fingerprint density at radius 3 is 2.62 bits per heavy atom. The van der Waals surface area contributed by atoms with Gasteiger partial charge in [-0.3, -0.25) is 4.79 Å². The van der Waals surface area contributed by atoms with Crippen LogP contribution in [0, 0.1) is 0 Å². The number of pyridine rings is 1. The van der Waals surface area contributed by atoms with Gasteiger partial charge < -0.3 is 14.5 Å². The molecule has 1 amide bonds. The molecular weight excluding hydrogens is 302 g/mol. The number of fused-ring (bicyclic) bond motifs is 1. The minimum atomic E-state index is -0.0127. The Kier molecular flexibility index (Phi) is 3.69. The first-order valence-electron chi connectivity index (χ1n) is 8.17. The third-order valence-corrected chi connectivity index (χ3v) is 4.54. The predicted molar refractivity (Wildman–Crippen MR) is 92.3 cm³/mol. The van der Waals surface area contributed by atoms with Gasteiger partial charge in [0.2, 0.25) is 0 Å². The van der Waals surface area contributed by atoms with E-state index in [4.69, 9.17) is 4.74 Å². The fourth-order valence-corrected chi connectivity index (χ4v) is 2.85. The van der Waals surface area contributed by atoms with Gasteiger partial charge in [-0.1, -0.05) is 0 Å². The summed E-state index contributed by atoms with van der Waals surface area (Å²) in [5.41, 5.74) is 3.36. The normalized spacial score (nSPS) is 14.4. The lowest BCUT2D eigenvalue weighted by Gasteiger charge is -2.26. The van der Waals surface area contributed by atoms with Crippen molar-refractivity contribution in [2.45, 2.75) is 25.3 Å². The number of hydrogen-bond acceptors (Lipinski definition) is 3. The largest absolute Gasteiger partial charge is 0.497 e. The zero-order valence-corrected chi connectivity index (χ0v) is 13.5. The molecule has 0 aliphatic heterocycles. The Morgan fingerprint density at radius 2 is 1.96 bits per heavy atom. The number of carbonyl (C=O) groups is 1. The van der Waals surface area contributed by atoms with Gasteiger partial charge in [0.15, 0.2) is 0 Å². The molecular formula is C19H19N3O2. The quantitative estimate of drug-likeness (QED) is 0.802. The molecule has 5 heteroatoms. The average molecular weight is 321 g/mol. The lowest BCUT2D eigenvalue weighted by Crippen LogP contribution is -2.39. The van der Waals surface area contributed by atoms with Crippen LogP contribution in [0.2, 0.25) is 0 Å². The average Bonchev–Trinajstić information content (AvgIpc) is 3.01. The number of ether oxygens (including phenoxy) is 1. The summed E-state index contributed by atoms with van der Waals surface area (Å²) < 4.78 is 7.08. The van der Waals surface area contributed by atoms with E-state index in [-0.39, 0.29) is 5.91 Å². The van der Waals surface area contributed by atoms with Crippen molar-refractivity contribution >= 4 is 11.6 Å². The molecule has 4 rings (SSSR count). The fraction of sp³-hybridized carbons (Fsp3) is 0.263. The second-order valence-corrected chi connectivity index (χ2v) is 6.14. The molecule has 1 aromatic carbocycles. The maximum Gasteiger partial charge on any atom is 0.252 e. The van der Waals surface area contributed by atoms with Gasteiger partial charge in [0.25, 0.3) is 5.91 Å². The van der Waals surface area contributed by atoms with E-state index in [1.54, 1.807) is 7.11 Å². The standard InChI is InChI=1S/C19H19N3O2/c1-24-16-8-5-13(6-9-16)17-12-22-11-14(7-10-18(22)21-17)19(23)20-15-3-2-4-15/h5-12,15H,2-4H2,1H3,(H,20,23). The lowest BCUT2D eigenvalue weighted by atomic mass is 9.93. The second-order valence-electron chi connectivity index (χ2n) is 6.14. The van der Waals surface area contributed by atoms with Crippen LogP contribution in [0.1, 0.15) is 29.6 Å². The number of hydrogen-bond donors (Lipinski definition) is 1. The minimum Gasteiger partial charge on any atom is -0.497 e. The van der Waals surface area contributed by atoms with Gasteiger partial charge in [-0.05, 0) is 55.7 Å². The van der Waals surface area contributed by atoms with Crippen LogP contribution in [0.3, 0.4) is 0 Å². The van der Waals surface area contributed by atoms with E-state index in [1.165, 1.54) is 6.42 Å². The number of nitrogens with zero attached hydrogens (tertiary/aromatic N) is 2. The SMILES string of the molecule is COc1ccc(-c2cn3cc(C(=O)NC4CCC4)ccc3n2)cc1.